The number of thiol groups is 1. The predicted molar refractivity (Wildman–Crippen MR) is 141 cm³/mol. The summed E-state index contributed by atoms with van der Waals surface area (Å²) in [5, 5.41) is 9.94. The van der Waals surface area contributed by atoms with E-state index < -0.39 is 47.1 Å². The number of hydrogen-bond acceptors (Lipinski definition) is 6. The summed E-state index contributed by atoms with van der Waals surface area (Å²) in [6.45, 7) is 9.57. The lowest BCUT2D eigenvalue weighted by Crippen LogP contribution is -2.57. The van der Waals surface area contributed by atoms with Crippen molar-refractivity contribution in [3.8, 4) is 0 Å². The van der Waals surface area contributed by atoms with Crippen LogP contribution in [0.3, 0.4) is 0 Å². The fourth-order valence-electron chi connectivity index (χ4n) is 3.89. The van der Waals surface area contributed by atoms with Gasteiger partial charge in [0.15, 0.2) is 0 Å². The van der Waals surface area contributed by atoms with E-state index in [2.05, 4.69) is 40.5 Å². The maximum absolute atomic E-state index is 13.1. The lowest BCUT2D eigenvalue weighted by atomic mass is 9.98. The maximum atomic E-state index is 13.1. The van der Waals surface area contributed by atoms with E-state index in [-0.39, 0.29) is 31.3 Å². The number of ether oxygens (including phenoxy) is 1. The molecular weight excluding hydrogens is 496 g/mol. The summed E-state index contributed by atoms with van der Waals surface area (Å²) in [5.41, 5.74) is 1.42. The Morgan fingerprint density at radius 3 is 2.27 bits per heavy atom. The molecule has 1 aliphatic rings. The third-order valence-electron chi connectivity index (χ3n) is 5.92. The second kappa shape index (κ2) is 14.4. The summed E-state index contributed by atoms with van der Waals surface area (Å²) in [6.07, 6.45) is 0.00415. The van der Waals surface area contributed by atoms with Gasteiger partial charge in [0.1, 0.15) is 18.7 Å². The Kier molecular flexibility index (Phi) is 11.6. The van der Waals surface area contributed by atoms with Crippen LogP contribution in [0.15, 0.2) is 42.5 Å². The second-order valence-corrected chi connectivity index (χ2v) is 10.0. The highest BCUT2D eigenvalue weighted by Crippen LogP contribution is 2.18. The van der Waals surface area contributed by atoms with Crippen molar-refractivity contribution >= 4 is 41.6 Å². The quantitative estimate of drug-likeness (QED) is 0.194. The summed E-state index contributed by atoms with van der Waals surface area (Å²) in [7, 11) is 0. The highest BCUT2D eigenvalue weighted by molar-refractivity contribution is 7.96. The zero-order valence-electron chi connectivity index (χ0n) is 21.4. The Hall–Kier alpha value is -3.34. The van der Waals surface area contributed by atoms with Gasteiger partial charge < -0.3 is 26.0 Å². The van der Waals surface area contributed by atoms with Gasteiger partial charge in [0.25, 0.3) is 0 Å². The first-order valence-corrected chi connectivity index (χ1v) is 12.7. The molecule has 0 saturated carbocycles. The van der Waals surface area contributed by atoms with Gasteiger partial charge in [-0.25, -0.2) is 4.79 Å². The monoisotopic (exact) mass is 532 g/mol. The minimum Gasteiger partial charge on any atom is -0.445 e. The molecule has 11 heteroatoms. The average Bonchev–Trinajstić information content (AvgIpc) is 3.24. The Bertz CT molecular complexity index is 1000. The van der Waals surface area contributed by atoms with E-state index in [0.29, 0.717) is 18.5 Å². The van der Waals surface area contributed by atoms with E-state index in [1.54, 1.807) is 20.8 Å². The van der Waals surface area contributed by atoms with Crippen molar-refractivity contribution in [1.29, 1.82) is 0 Å². The van der Waals surface area contributed by atoms with E-state index in [9.17, 15) is 24.0 Å². The number of alkyl carbamates (subject to hydrolysis) is 1. The van der Waals surface area contributed by atoms with Crippen LogP contribution in [0.5, 0.6) is 0 Å². The molecule has 0 aliphatic carbocycles. The molecular formula is C26H36N4O6S. The number of carbonyl (C=O) groups is 5. The van der Waals surface area contributed by atoms with Gasteiger partial charge in [0.05, 0.1) is 6.04 Å². The minimum atomic E-state index is -1.05. The lowest BCUT2D eigenvalue weighted by molar-refractivity contribution is -0.131. The Morgan fingerprint density at radius 1 is 1.08 bits per heavy atom. The molecule has 0 unspecified atom stereocenters. The van der Waals surface area contributed by atoms with Crippen molar-refractivity contribution < 1.29 is 28.7 Å². The predicted octanol–water partition coefficient (Wildman–Crippen LogP) is 1.86. The van der Waals surface area contributed by atoms with Gasteiger partial charge in [-0.2, -0.15) is 0 Å². The van der Waals surface area contributed by atoms with Gasteiger partial charge >= 0.3 is 6.09 Å². The summed E-state index contributed by atoms with van der Waals surface area (Å²) in [4.78, 5) is 62.6. The number of carbonyl (C=O) groups excluding carboxylic acids is 5. The molecule has 2 rings (SSSR count). The van der Waals surface area contributed by atoms with Crippen molar-refractivity contribution in [2.75, 3.05) is 6.54 Å². The van der Waals surface area contributed by atoms with Crippen LogP contribution in [0.4, 0.5) is 4.79 Å². The van der Waals surface area contributed by atoms with Crippen LogP contribution in [-0.4, -0.2) is 53.6 Å². The molecule has 1 aromatic carbocycles. The topological polar surface area (TPSA) is 143 Å². The van der Waals surface area contributed by atoms with Crippen molar-refractivity contribution in [2.24, 2.45) is 11.8 Å². The van der Waals surface area contributed by atoms with E-state index in [0.717, 1.165) is 5.56 Å². The average molecular weight is 533 g/mol. The molecule has 0 spiro atoms. The number of rotatable bonds is 13. The van der Waals surface area contributed by atoms with Gasteiger partial charge in [0, 0.05) is 12.5 Å². The minimum absolute atomic E-state index is 0.0396. The number of nitrogens with one attached hydrogen (secondary N) is 4. The van der Waals surface area contributed by atoms with Crippen LogP contribution >= 0.6 is 12.6 Å². The third kappa shape index (κ3) is 9.91. The fraction of sp³-hybridized carbons (Fsp3) is 0.500. The molecule has 1 aliphatic heterocycles. The van der Waals surface area contributed by atoms with E-state index in [1.807, 2.05) is 30.3 Å². The summed E-state index contributed by atoms with van der Waals surface area (Å²) >= 11 is 3.87. The number of benzene rings is 1. The van der Waals surface area contributed by atoms with Gasteiger partial charge in [-0.3, -0.25) is 19.2 Å². The molecule has 0 bridgehead atoms. The molecule has 202 valence electrons. The summed E-state index contributed by atoms with van der Waals surface area (Å²) in [6, 6.07) is 6.07. The molecule has 0 radical (unpaired) electrons. The normalized spacial score (nSPS) is 17.2. The largest absolute Gasteiger partial charge is 0.445 e. The van der Waals surface area contributed by atoms with Gasteiger partial charge in [-0.1, -0.05) is 49.8 Å². The van der Waals surface area contributed by atoms with Crippen LogP contribution < -0.4 is 21.3 Å². The maximum Gasteiger partial charge on any atom is 0.408 e. The summed E-state index contributed by atoms with van der Waals surface area (Å²) < 4.78 is 5.22. The van der Waals surface area contributed by atoms with Crippen molar-refractivity contribution in [1.82, 2.24) is 21.3 Å². The molecule has 1 saturated heterocycles. The highest BCUT2D eigenvalue weighted by Gasteiger charge is 2.33. The Balaban J connectivity index is 2.04. The zero-order chi connectivity index (χ0) is 27.5. The molecule has 4 amide bonds. The third-order valence-corrected chi connectivity index (χ3v) is 6.23. The molecule has 10 nitrogen and oxygen atoms in total. The highest BCUT2D eigenvalue weighted by atomic mass is 32.1. The van der Waals surface area contributed by atoms with Crippen LogP contribution in [0, 0.1) is 11.8 Å². The second-order valence-electron chi connectivity index (χ2n) is 9.56. The van der Waals surface area contributed by atoms with E-state index in [1.165, 1.54) is 0 Å². The van der Waals surface area contributed by atoms with Crippen LogP contribution in [0.2, 0.25) is 0 Å². The van der Waals surface area contributed by atoms with Crippen LogP contribution in [0.25, 0.3) is 0 Å². The zero-order valence-corrected chi connectivity index (χ0v) is 22.3. The Morgan fingerprint density at radius 2 is 1.73 bits per heavy atom. The Labute approximate surface area is 222 Å². The van der Waals surface area contributed by atoms with Gasteiger partial charge in [0.2, 0.25) is 22.8 Å². The van der Waals surface area contributed by atoms with Crippen LogP contribution in [-0.2, 0) is 30.5 Å². The molecule has 1 heterocycles. The SMILES string of the molecule is C=C(C)C[C@H](NC(=O)[C@@H](NC(=O)OCc1ccccc1)C(C)C)C(=O)N[C@@H](C[C@@H]1CCNC1=O)C(=O)S. The fourth-order valence-corrected chi connectivity index (χ4v) is 4.06. The molecule has 1 fully saturated rings. The van der Waals surface area contributed by atoms with Crippen LogP contribution in [0.1, 0.15) is 45.6 Å². The van der Waals surface area contributed by atoms with Crippen molar-refractivity contribution in [3.05, 3.63) is 48.0 Å². The van der Waals surface area contributed by atoms with Crippen molar-refractivity contribution in [3.63, 3.8) is 0 Å². The molecule has 4 atom stereocenters. The van der Waals surface area contributed by atoms with Crippen molar-refractivity contribution in [2.45, 2.75) is 64.8 Å². The first-order chi connectivity index (χ1) is 17.5. The summed E-state index contributed by atoms with van der Waals surface area (Å²) in [5.74, 6) is -2.10. The molecule has 0 aromatic heterocycles. The lowest BCUT2D eigenvalue weighted by Gasteiger charge is -2.26. The number of hydrogen-bond donors (Lipinski definition) is 5. The van der Waals surface area contributed by atoms with E-state index in [4.69, 9.17) is 4.74 Å². The first-order valence-electron chi connectivity index (χ1n) is 12.2. The molecule has 4 N–H and O–H groups in total. The molecule has 37 heavy (non-hydrogen) atoms. The number of amides is 4. The van der Waals surface area contributed by atoms with E-state index >= 15 is 0 Å². The first kappa shape index (κ1) is 29.9. The smallest absolute Gasteiger partial charge is 0.408 e. The molecule has 1 aromatic rings. The van der Waals surface area contributed by atoms with Gasteiger partial charge in [-0.05, 0) is 37.7 Å². The van der Waals surface area contributed by atoms with Gasteiger partial charge in [-0.15, -0.1) is 19.2 Å². The standard InChI is InChI=1S/C26H36N4O6S/c1-15(2)12-19(23(32)29-20(25(34)37)13-18-10-11-27-22(18)31)28-24(33)21(16(3)4)30-26(35)36-14-17-8-6-5-7-9-17/h5-9,16,18-21H,1,10-14H2,2-4H3,(H,27,31)(H,28,33)(H,29,32)(H,30,35)(H,34,37)/t18-,19-,20-,21-/m0/s1.